The Labute approximate surface area is 143 Å². The predicted octanol–water partition coefficient (Wildman–Crippen LogP) is 3.22. The van der Waals surface area contributed by atoms with E-state index >= 15 is 0 Å². The van der Waals surface area contributed by atoms with E-state index in [9.17, 15) is 9.59 Å². The molecule has 0 unspecified atom stereocenters. The van der Waals surface area contributed by atoms with Crippen LogP contribution in [0.1, 0.15) is 49.7 Å². The molecule has 1 saturated carbocycles. The van der Waals surface area contributed by atoms with Crippen molar-refractivity contribution in [1.82, 2.24) is 5.32 Å². The quantitative estimate of drug-likeness (QED) is 0.716. The van der Waals surface area contributed by atoms with Crippen LogP contribution in [0.3, 0.4) is 0 Å². The van der Waals surface area contributed by atoms with Crippen LogP contribution >= 0.6 is 0 Å². The van der Waals surface area contributed by atoms with Gasteiger partial charge in [0.1, 0.15) is 5.75 Å². The molecule has 1 amide bonds. The maximum Gasteiger partial charge on any atom is 0.308 e. The number of aliphatic carboxylic acids is 1. The van der Waals surface area contributed by atoms with Crippen LogP contribution in [-0.2, 0) is 9.59 Å². The second-order valence-electron chi connectivity index (χ2n) is 6.62. The first-order chi connectivity index (χ1) is 11.5. The van der Waals surface area contributed by atoms with Gasteiger partial charge in [0.25, 0.3) is 0 Å². The van der Waals surface area contributed by atoms with Gasteiger partial charge in [-0.2, -0.15) is 0 Å². The van der Waals surface area contributed by atoms with Gasteiger partial charge in [0.05, 0.1) is 12.5 Å². The molecule has 1 aromatic rings. The zero-order valence-corrected chi connectivity index (χ0v) is 14.5. The average Bonchev–Trinajstić information content (AvgIpc) is 2.98. The molecule has 1 aliphatic carbocycles. The standard InChI is InChI=1S/C19H27NO4/c1-13-9-10-14(2)17(12-13)24-11-4-3-8-18(21)20-16-7-5-6-15(16)19(22)23/h9-10,12,15-16H,3-8,11H2,1-2H3,(H,20,21)(H,22,23)/t15-,16+/m0/s1. The summed E-state index contributed by atoms with van der Waals surface area (Å²) < 4.78 is 5.77. The van der Waals surface area contributed by atoms with Crippen LogP contribution in [0.4, 0.5) is 0 Å². The SMILES string of the molecule is Cc1ccc(C)c(OCCCCC(=O)N[C@@H]2CCC[C@@H]2C(=O)O)c1. The Hall–Kier alpha value is -2.04. The Morgan fingerprint density at radius 1 is 1.25 bits per heavy atom. The molecule has 2 rings (SSSR count). The number of carboxylic acid groups (broad SMARTS) is 1. The lowest BCUT2D eigenvalue weighted by atomic mass is 10.0. The average molecular weight is 333 g/mol. The molecule has 0 radical (unpaired) electrons. The van der Waals surface area contributed by atoms with Crippen LogP contribution in [0.25, 0.3) is 0 Å². The largest absolute Gasteiger partial charge is 0.493 e. The number of nitrogens with one attached hydrogen (secondary N) is 1. The molecule has 0 aromatic heterocycles. The highest BCUT2D eigenvalue weighted by Gasteiger charge is 2.33. The normalized spacial score (nSPS) is 19.9. The van der Waals surface area contributed by atoms with Crippen LogP contribution in [0, 0.1) is 19.8 Å². The maximum absolute atomic E-state index is 12.0. The van der Waals surface area contributed by atoms with Crippen molar-refractivity contribution in [2.24, 2.45) is 5.92 Å². The zero-order chi connectivity index (χ0) is 17.5. The van der Waals surface area contributed by atoms with E-state index in [1.54, 1.807) is 0 Å². The summed E-state index contributed by atoms with van der Waals surface area (Å²) in [6, 6.07) is 5.91. The molecule has 0 aliphatic heterocycles. The molecular weight excluding hydrogens is 306 g/mol. The van der Waals surface area contributed by atoms with E-state index < -0.39 is 11.9 Å². The van der Waals surface area contributed by atoms with E-state index in [-0.39, 0.29) is 11.9 Å². The minimum absolute atomic E-state index is 0.0557. The Morgan fingerprint density at radius 3 is 2.79 bits per heavy atom. The number of carbonyl (C=O) groups excluding carboxylic acids is 1. The highest BCUT2D eigenvalue weighted by molar-refractivity contribution is 5.78. The number of aryl methyl sites for hydroxylation is 2. The second-order valence-corrected chi connectivity index (χ2v) is 6.62. The lowest BCUT2D eigenvalue weighted by Crippen LogP contribution is -2.40. The Kier molecular flexibility index (Phi) is 6.64. The monoisotopic (exact) mass is 333 g/mol. The molecule has 1 aliphatic rings. The van der Waals surface area contributed by atoms with E-state index in [4.69, 9.17) is 9.84 Å². The molecule has 132 valence electrons. The van der Waals surface area contributed by atoms with Gasteiger partial charge in [0.15, 0.2) is 0 Å². The van der Waals surface area contributed by atoms with Crippen LogP contribution in [0.2, 0.25) is 0 Å². The minimum Gasteiger partial charge on any atom is -0.493 e. The van der Waals surface area contributed by atoms with Gasteiger partial charge in [-0.05, 0) is 56.7 Å². The van der Waals surface area contributed by atoms with Gasteiger partial charge >= 0.3 is 5.97 Å². The zero-order valence-electron chi connectivity index (χ0n) is 14.5. The first-order valence-electron chi connectivity index (χ1n) is 8.69. The number of unbranched alkanes of at least 4 members (excludes halogenated alkanes) is 1. The molecule has 5 heteroatoms. The summed E-state index contributed by atoms with van der Waals surface area (Å²) in [6.07, 6.45) is 4.24. The topological polar surface area (TPSA) is 75.6 Å². The molecule has 0 spiro atoms. The number of rotatable bonds is 8. The van der Waals surface area contributed by atoms with Crippen LogP contribution in [0.5, 0.6) is 5.75 Å². The fourth-order valence-corrected chi connectivity index (χ4v) is 3.14. The predicted molar refractivity (Wildman–Crippen MR) is 92.2 cm³/mol. The summed E-state index contributed by atoms with van der Waals surface area (Å²) >= 11 is 0. The number of hydrogen-bond acceptors (Lipinski definition) is 3. The molecule has 5 nitrogen and oxygen atoms in total. The van der Waals surface area contributed by atoms with Crippen molar-refractivity contribution in [3.63, 3.8) is 0 Å². The third-order valence-corrected chi connectivity index (χ3v) is 4.58. The van der Waals surface area contributed by atoms with Gasteiger partial charge in [-0.3, -0.25) is 9.59 Å². The Bertz CT molecular complexity index is 585. The number of benzene rings is 1. The highest BCUT2D eigenvalue weighted by atomic mass is 16.5. The van der Waals surface area contributed by atoms with Crippen molar-refractivity contribution in [3.05, 3.63) is 29.3 Å². The molecule has 1 aromatic carbocycles. The number of carboxylic acids is 1. The Morgan fingerprint density at radius 2 is 2.04 bits per heavy atom. The van der Waals surface area contributed by atoms with Crippen LogP contribution in [0.15, 0.2) is 18.2 Å². The van der Waals surface area contributed by atoms with E-state index in [2.05, 4.69) is 11.4 Å². The summed E-state index contributed by atoms with van der Waals surface area (Å²) in [7, 11) is 0. The molecular formula is C19H27NO4. The van der Waals surface area contributed by atoms with Crippen LogP contribution < -0.4 is 10.1 Å². The van der Waals surface area contributed by atoms with Crippen molar-refractivity contribution < 1.29 is 19.4 Å². The first kappa shape index (κ1) is 18.3. The Balaban J connectivity index is 1.64. The fourth-order valence-electron chi connectivity index (χ4n) is 3.14. The molecule has 2 atom stereocenters. The third-order valence-electron chi connectivity index (χ3n) is 4.58. The molecule has 0 heterocycles. The van der Waals surface area contributed by atoms with E-state index in [1.165, 1.54) is 5.56 Å². The lowest BCUT2D eigenvalue weighted by Gasteiger charge is -2.17. The lowest BCUT2D eigenvalue weighted by molar-refractivity contribution is -0.142. The second kappa shape index (κ2) is 8.71. The van der Waals surface area contributed by atoms with E-state index in [0.717, 1.165) is 37.0 Å². The number of amides is 1. The number of carbonyl (C=O) groups is 2. The summed E-state index contributed by atoms with van der Waals surface area (Å²) in [5.74, 6) is -0.393. The van der Waals surface area contributed by atoms with Gasteiger partial charge < -0.3 is 15.2 Å². The summed E-state index contributed by atoms with van der Waals surface area (Å²) in [5, 5.41) is 12.0. The summed E-state index contributed by atoms with van der Waals surface area (Å²) in [6.45, 7) is 4.63. The van der Waals surface area contributed by atoms with Crippen molar-refractivity contribution >= 4 is 11.9 Å². The van der Waals surface area contributed by atoms with Gasteiger partial charge in [-0.1, -0.05) is 18.6 Å². The highest BCUT2D eigenvalue weighted by Crippen LogP contribution is 2.26. The summed E-state index contributed by atoms with van der Waals surface area (Å²) in [4.78, 5) is 23.1. The molecule has 24 heavy (non-hydrogen) atoms. The van der Waals surface area contributed by atoms with Crippen molar-refractivity contribution in [2.75, 3.05) is 6.61 Å². The van der Waals surface area contributed by atoms with E-state index in [0.29, 0.717) is 19.4 Å². The third kappa shape index (κ3) is 5.25. The molecule has 0 saturated heterocycles. The molecule has 2 N–H and O–H groups in total. The van der Waals surface area contributed by atoms with E-state index in [1.807, 2.05) is 26.0 Å². The van der Waals surface area contributed by atoms with Crippen molar-refractivity contribution in [3.8, 4) is 5.75 Å². The number of ether oxygens (including phenoxy) is 1. The minimum atomic E-state index is -0.806. The number of hydrogen-bond donors (Lipinski definition) is 2. The summed E-state index contributed by atoms with van der Waals surface area (Å²) in [5.41, 5.74) is 2.28. The molecule has 0 bridgehead atoms. The maximum atomic E-state index is 12.0. The van der Waals surface area contributed by atoms with Gasteiger partial charge in [-0.25, -0.2) is 0 Å². The van der Waals surface area contributed by atoms with Gasteiger partial charge in [0.2, 0.25) is 5.91 Å². The molecule has 1 fully saturated rings. The van der Waals surface area contributed by atoms with Gasteiger partial charge in [0, 0.05) is 12.5 Å². The van der Waals surface area contributed by atoms with Gasteiger partial charge in [-0.15, -0.1) is 0 Å². The van der Waals surface area contributed by atoms with Crippen LogP contribution in [-0.4, -0.2) is 29.6 Å². The van der Waals surface area contributed by atoms with Crippen molar-refractivity contribution in [1.29, 1.82) is 0 Å². The smallest absolute Gasteiger partial charge is 0.308 e. The van der Waals surface area contributed by atoms with Crippen molar-refractivity contribution in [2.45, 2.75) is 58.4 Å². The fraction of sp³-hybridized carbons (Fsp3) is 0.579. The first-order valence-corrected chi connectivity index (χ1v) is 8.69.